The molecule has 5 nitrogen and oxygen atoms in total. The van der Waals surface area contributed by atoms with E-state index >= 15 is 0 Å². The average molecular weight is 450 g/mol. The lowest BCUT2D eigenvalue weighted by Crippen LogP contribution is -2.46. The zero-order valence-electron chi connectivity index (χ0n) is 16.8. The summed E-state index contributed by atoms with van der Waals surface area (Å²) in [5, 5.41) is 9.84. The molecule has 1 fully saturated rings. The fourth-order valence-corrected chi connectivity index (χ4v) is 4.92. The van der Waals surface area contributed by atoms with Crippen molar-refractivity contribution in [2.45, 2.75) is 19.3 Å². The lowest BCUT2D eigenvalue weighted by atomic mass is 9.60. The molecule has 2 aromatic carbocycles. The molecule has 1 aliphatic heterocycles. The van der Waals surface area contributed by atoms with Crippen LogP contribution in [0.2, 0.25) is 10.0 Å². The van der Waals surface area contributed by atoms with Gasteiger partial charge in [-0.25, -0.2) is 4.90 Å². The molecule has 7 heteroatoms. The Hall–Kier alpha value is -3.20. The van der Waals surface area contributed by atoms with Gasteiger partial charge in [-0.15, -0.1) is 0 Å². The SMILES string of the molecule is CC1(C)C(=O)N(c2cc(Cl)cc(Cl)c2)C(=O)[C@]1(c1ccncc1)c1ccc(C#N)cc1. The predicted octanol–water partition coefficient (Wildman–Crippen LogP) is 5.15. The van der Waals surface area contributed by atoms with Gasteiger partial charge >= 0.3 is 0 Å². The molecular formula is C24H17Cl2N3O2. The number of nitrogens with zero attached hydrogens (tertiary/aromatic N) is 3. The van der Waals surface area contributed by atoms with Crippen LogP contribution >= 0.6 is 23.2 Å². The summed E-state index contributed by atoms with van der Waals surface area (Å²) in [7, 11) is 0. The van der Waals surface area contributed by atoms with Gasteiger partial charge < -0.3 is 0 Å². The second-order valence-electron chi connectivity index (χ2n) is 7.87. The Labute approximate surface area is 189 Å². The summed E-state index contributed by atoms with van der Waals surface area (Å²) in [5.41, 5.74) is -0.487. The van der Waals surface area contributed by atoms with E-state index in [0.29, 0.717) is 32.4 Å². The molecule has 1 aromatic heterocycles. The third kappa shape index (κ3) is 3.03. The number of aromatic nitrogens is 1. The normalized spacial score (nSPS) is 20.0. The first-order valence-corrected chi connectivity index (χ1v) is 10.3. The summed E-state index contributed by atoms with van der Waals surface area (Å²) in [4.78, 5) is 33.1. The van der Waals surface area contributed by atoms with Crippen molar-refractivity contribution < 1.29 is 9.59 Å². The zero-order chi connectivity index (χ0) is 22.4. The molecule has 3 aromatic rings. The number of pyridine rings is 1. The van der Waals surface area contributed by atoms with Gasteiger partial charge in [0.15, 0.2) is 0 Å². The van der Waals surface area contributed by atoms with Gasteiger partial charge in [-0.05, 0) is 67.4 Å². The Kier molecular flexibility index (Phi) is 5.09. The third-order valence-electron chi connectivity index (χ3n) is 5.87. The zero-order valence-corrected chi connectivity index (χ0v) is 18.3. The molecule has 0 N–H and O–H groups in total. The monoisotopic (exact) mass is 449 g/mol. The fraction of sp³-hybridized carbons (Fsp3) is 0.167. The minimum Gasteiger partial charge on any atom is -0.273 e. The van der Waals surface area contributed by atoms with E-state index < -0.39 is 16.7 Å². The maximum absolute atomic E-state index is 14.2. The average Bonchev–Trinajstić information content (AvgIpc) is 2.90. The Balaban J connectivity index is 2.03. The molecule has 0 radical (unpaired) electrons. The number of anilines is 1. The number of amides is 2. The van der Waals surface area contributed by atoms with E-state index in [1.165, 1.54) is 0 Å². The van der Waals surface area contributed by atoms with Gasteiger partial charge in [-0.2, -0.15) is 5.26 Å². The topological polar surface area (TPSA) is 74.1 Å². The second kappa shape index (κ2) is 7.49. The molecule has 4 rings (SSSR count). The minimum absolute atomic E-state index is 0.310. The van der Waals surface area contributed by atoms with Crippen LogP contribution in [0.1, 0.15) is 30.5 Å². The fourth-order valence-electron chi connectivity index (χ4n) is 4.40. The molecule has 0 aliphatic carbocycles. The van der Waals surface area contributed by atoms with Gasteiger partial charge in [0.2, 0.25) is 11.8 Å². The van der Waals surface area contributed by atoms with Crippen molar-refractivity contribution in [1.82, 2.24) is 4.98 Å². The van der Waals surface area contributed by atoms with Gasteiger partial charge in [0.05, 0.1) is 22.7 Å². The van der Waals surface area contributed by atoms with Crippen molar-refractivity contribution in [3.8, 4) is 6.07 Å². The number of hydrogen-bond acceptors (Lipinski definition) is 4. The molecule has 0 spiro atoms. The second-order valence-corrected chi connectivity index (χ2v) is 8.75. The quantitative estimate of drug-likeness (QED) is 0.518. The van der Waals surface area contributed by atoms with Crippen molar-refractivity contribution in [1.29, 1.82) is 5.26 Å². The van der Waals surface area contributed by atoms with Crippen LogP contribution in [-0.2, 0) is 15.0 Å². The van der Waals surface area contributed by atoms with Crippen LogP contribution < -0.4 is 4.90 Å². The van der Waals surface area contributed by atoms with Crippen LogP contribution in [0.3, 0.4) is 0 Å². The molecule has 1 saturated heterocycles. The smallest absolute Gasteiger partial charge is 0.249 e. The molecule has 31 heavy (non-hydrogen) atoms. The van der Waals surface area contributed by atoms with Crippen LogP contribution in [0.15, 0.2) is 67.0 Å². The number of carbonyl (C=O) groups excluding carboxylic acids is 2. The summed E-state index contributed by atoms with van der Waals surface area (Å²) in [6.45, 7) is 3.50. The third-order valence-corrected chi connectivity index (χ3v) is 6.30. The van der Waals surface area contributed by atoms with E-state index in [2.05, 4.69) is 11.1 Å². The van der Waals surface area contributed by atoms with Gasteiger partial charge in [0, 0.05) is 22.4 Å². The van der Waals surface area contributed by atoms with E-state index in [1.807, 2.05) is 0 Å². The molecule has 154 valence electrons. The first-order valence-electron chi connectivity index (χ1n) is 9.49. The van der Waals surface area contributed by atoms with E-state index in [9.17, 15) is 14.9 Å². The maximum Gasteiger partial charge on any atom is 0.249 e. The Bertz CT molecular complexity index is 1210. The number of imide groups is 1. The summed E-state index contributed by atoms with van der Waals surface area (Å²) >= 11 is 12.3. The van der Waals surface area contributed by atoms with Gasteiger partial charge in [0.25, 0.3) is 0 Å². The lowest BCUT2D eigenvalue weighted by Gasteiger charge is -2.37. The number of hydrogen-bond donors (Lipinski definition) is 0. The number of halogens is 2. The van der Waals surface area contributed by atoms with Crippen molar-refractivity contribution in [3.05, 3.63) is 93.7 Å². The summed E-state index contributed by atoms with van der Waals surface area (Å²) in [6, 6.07) is 16.9. The van der Waals surface area contributed by atoms with Crippen molar-refractivity contribution >= 4 is 40.7 Å². The highest BCUT2D eigenvalue weighted by Gasteiger charge is 2.66. The molecule has 2 heterocycles. The van der Waals surface area contributed by atoms with Crippen molar-refractivity contribution in [2.75, 3.05) is 4.90 Å². The van der Waals surface area contributed by atoms with Gasteiger partial charge in [-0.3, -0.25) is 14.6 Å². The highest BCUT2D eigenvalue weighted by molar-refractivity contribution is 6.36. The standard InChI is InChI=1S/C24H17Cl2N3O2/c1-23(2)21(30)29(20-12-18(25)11-19(26)13-20)22(31)24(23,17-7-9-28-10-8-17)16-5-3-15(14-27)4-6-16/h3-13H,1-2H3/t24-/m1/s1. The van der Waals surface area contributed by atoms with Crippen molar-refractivity contribution in [2.24, 2.45) is 5.41 Å². The van der Waals surface area contributed by atoms with Gasteiger partial charge in [0.1, 0.15) is 5.41 Å². The van der Waals surface area contributed by atoms with E-state index in [1.54, 1.807) is 80.8 Å². The van der Waals surface area contributed by atoms with Crippen LogP contribution in [0.4, 0.5) is 5.69 Å². The molecule has 1 aliphatic rings. The molecular weight excluding hydrogens is 433 g/mol. The van der Waals surface area contributed by atoms with Crippen LogP contribution in [0, 0.1) is 16.7 Å². The first-order chi connectivity index (χ1) is 14.7. The summed E-state index contributed by atoms with van der Waals surface area (Å²) in [5.74, 6) is -0.797. The molecule has 0 unspecified atom stereocenters. The number of nitriles is 1. The minimum atomic E-state index is -1.34. The Morgan fingerprint density at radius 3 is 1.97 bits per heavy atom. The predicted molar refractivity (Wildman–Crippen MR) is 119 cm³/mol. The Morgan fingerprint density at radius 2 is 1.42 bits per heavy atom. The highest BCUT2D eigenvalue weighted by atomic mass is 35.5. The van der Waals surface area contributed by atoms with Crippen LogP contribution in [-0.4, -0.2) is 16.8 Å². The maximum atomic E-state index is 14.2. The van der Waals surface area contributed by atoms with E-state index in [-0.39, 0.29) is 5.91 Å². The first kappa shape index (κ1) is 21.0. The summed E-state index contributed by atoms with van der Waals surface area (Å²) < 4.78 is 0. The molecule has 2 amide bonds. The molecule has 0 bridgehead atoms. The largest absolute Gasteiger partial charge is 0.273 e. The number of rotatable bonds is 3. The van der Waals surface area contributed by atoms with E-state index in [4.69, 9.17) is 23.2 Å². The van der Waals surface area contributed by atoms with Gasteiger partial charge in [-0.1, -0.05) is 35.3 Å². The molecule has 1 atom stereocenters. The van der Waals surface area contributed by atoms with E-state index in [0.717, 1.165) is 4.90 Å². The number of carbonyl (C=O) groups is 2. The van der Waals surface area contributed by atoms with Crippen LogP contribution in [0.25, 0.3) is 0 Å². The highest BCUT2D eigenvalue weighted by Crippen LogP contribution is 2.55. The molecule has 0 saturated carbocycles. The van der Waals surface area contributed by atoms with Crippen molar-refractivity contribution in [3.63, 3.8) is 0 Å². The van der Waals surface area contributed by atoms with Crippen LogP contribution in [0.5, 0.6) is 0 Å². The number of benzene rings is 2. The lowest BCUT2D eigenvalue weighted by molar-refractivity contribution is -0.125. The Morgan fingerprint density at radius 1 is 0.871 bits per heavy atom. The summed E-state index contributed by atoms with van der Waals surface area (Å²) in [6.07, 6.45) is 3.18.